The van der Waals surface area contributed by atoms with E-state index in [9.17, 15) is 9.59 Å². The molecule has 0 saturated carbocycles. The number of carbonyl (C=O) groups is 1. The van der Waals surface area contributed by atoms with E-state index in [1.54, 1.807) is 6.20 Å². The third kappa shape index (κ3) is 5.11. The molecule has 0 unspecified atom stereocenters. The van der Waals surface area contributed by atoms with Crippen molar-refractivity contribution < 1.29 is 4.79 Å². The maximum absolute atomic E-state index is 13.3. The Morgan fingerprint density at radius 1 is 0.971 bits per heavy atom. The van der Waals surface area contributed by atoms with Crippen LogP contribution in [0.15, 0.2) is 65.6 Å². The second-order valence-electron chi connectivity index (χ2n) is 9.13. The lowest BCUT2D eigenvalue weighted by Crippen LogP contribution is -2.38. The first-order chi connectivity index (χ1) is 16.3. The van der Waals surface area contributed by atoms with Gasteiger partial charge < -0.3 is 9.88 Å². The first kappa shape index (κ1) is 23.5. The van der Waals surface area contributed by atoms with Crippen molar-refractivity contribution in [3.63, 3.8) is 0 Å². The molecule has 4 rings (SSSR count). The van der Waals surface area contributed by atoms with Crippen molar-refractivity contribution in [1.29, 1.82) is 0 Å². The van der Waals surface area contributed by atoms with Gasteiger partial charge in [0.25, 0.3) is 5.56 Å². The number of carbonyl (C=O) groups excluding carboxylic acids is 1. The summed E-state index contributed by atoms with van der Waals surface area (Å²) in [6.45, 7) is 8.62. The molecule has 2 aromatic heterocycles. The van der Waals surface area contributed by atoms with Gasteiger partial charge in [0, 0.05) is 29.4 Å². The number of hydrogen-bond donors (Lipinski definition) is 1. The van der Waals surface area contributed by atoms with Gasteiger partial charge in [-0.15, -0.1) is 0 Å². The van der Waals surface area contributed by atoms with Crippen molar-refractivity contribution in [2.75, 3.05) is 0 Å². The number of rotatable bonds is 8. The molecule has 1 atom stereocenters. The van der Waals surface area contributed by atoms with Gasteiger partial charge in [0.05, 0.1) is 11.6 Å². The smallest absolute Gasteiger partial charge is 0.276 e. The molecule has 1 N–H and O–H groups in total. The third-order valence-corrected chi connectivity index (χ3v) is 6.48. The predicted molar refractivity (Wildman–Crippen MR) is 136 cm³/mol. The molecule has 6 heteroatoms. The Bertz CT molecular complexity index is 1350. The van der Waals surface area contributed by atoms with E-state index in [1.807, 2.05) is 39.0 Å². The molecule has 2 heterocycles. The van der Waals surface area contributed by atoms with Gasteiger partial charge in [-0.25, -0.2) is 4.68 Å². The number of amides is 1. The van der Waals surface area contributed by atoms with Crippen LogP contribution >= 0.6 is 0 Å². The molecule has 1 amide bonds. The van der Waals surface area contributed by atoms with E-state index >= 15 is 0 Å². The van der Waals surface area contributed by atoms with Crippen LogP contribution in [0.1, 0.15) is 41.4 Å². The van der Waals surface area contributed by atoms with Crippen LogP contribution in [0.2, 0.25) is 0 Å². The third-order valence-electron chi connectivity index (χ3n) is 6.48. The monoisotopic (exact) mass is 456 g/mol. The molecule has 4 aromatic rings. The molecule has 6 nitrogen and oxygen atoms in total. The van der Waals surface area contributed by atoms with Gasteiger partial charge in [-0.1, -0.05) is 60.2 Å². The van der Waals surface area contributed by atoms with Crippen LogP contribution < -0.4 is 10.9 Å². The summed E-state index contributed by atoms with van der Waals surface area (Å²) in [7, 11) is 0. The van der Waals surface area contributed by atoms with Crippen molar-refractivity contribution in [3.05, 3.63) is 99.2 Å². The van der Waals surface area contributed by atoms with Gasteiger partial charge in [0.15, 0.2) is 0 Å². The van der Waals surface area contributed by atoms with Gasteiger partial charge in [-0.2, -0.15) is 5.10 Å². The number of nitrogens with zero attached hydrogens (tertiary/aromatic N) is 3. The fourth-order valence-electron chi connectivity index (χ4n) is 4.43. The second kappa shape index (κ2) is 10.1. The van der Waals surface area contributed by atoms with E-state index in [-0.39, 0.29) is 24.1 Å². The molecule has 0 bridgehead atoms. The lowest BCUT2D eigenvalue weighted by molar-refractivity contribution is -0.122. The molecule has 176 valence electrons. The SMILES string of the molecule is Cc1ccc(Cn2c(C)c3cnn(CC(=O)N[C@H](C)CCc4ccccc4)c(=O)c3c2C)cc1. The van der Waals surface area contributed by atoms with E-state index < -0.39 is 0 Å². The van der Waals surface area contributed by atoms with E-state index in [0.29, 0.717) is 11.9 Å². The minimum atomic E-state index is -0.229. The Balaban J connectivity index is 1.48. The van der Waals surface area contributed by atoms with Gasteiger partial charge in [0.2, 0.25) is 5.91 Å². The lowest BCUT2D eigenvalue weighted by atomic mass is 10.1. The first-order valence-electron chi connectivity index (χ1n) is 11.8. The highest BCUT2D eigenvalue weighted by Crippen LogP contribution is 2.23. The summed E-state index contributed by atoms with van der Waals surface area (Å²) in [5.41, 5.74) is 5.30. The van der Waals surface area contributed by atoms with Crippen molar-refractivity contribution in [3.8, 4) is 0 Å². The van der Waals surface area contributed by atoms with Crippen LogP contribution in [-0.2, 0) is 24.3 Å². The maximum Gasteiger partial charge on any atom is 0.276 e. The van der Waals surface area contributed by atoms with E-state index in [0.717, 1.165) is 29.6 Å². The topological polar surface area (TPSA) is 68.9 Å². The van der Waals surface area contributed by atoms with Gasteiger partial charge >= 0.3 is 0 Å². The minimum Gasteiger partial charge on any atom is -0.352 e. The second-order valence-corrected chi connectivity index (χ2v) is 9.13. The Kier molecular flexibility index (Phi) is 6.96. The zero-order chi connectivity index (χ0) is 24.2. The Labute approximate surface area is 200 Å². The summed E-state index contributed by atoms with van der Waals surface area (Å²) in [5, 5.41) is 8.77. The van der Waals surface area contributed by atoms with Crippen molar-refractivity contribution in [2.45, 2.75) is 59.7 Å². The Hall–Kier alpha value is -3.67. The van der Waals surface area contributed by atoms with Crippen LogP contribution in [0.5, 0.6) is 0 Å². The molecule has 0 aliphatic carbocycles. The molecule has 0 fully saturated rings. The number of fused-ring (bicyclic) bond motifs is 1. The maximum atomic E-state index is 13.3. The highest BCUT2D eigenvalue weighted by Gasteiger charge is 2.18. The summed E-state index contributed by atoms with van der Waals surface area (Å²) in [4.78, 5) is 25.9. The fraction of sp³-hybridized carbons (Fsp3) is 0.321. The van der Waals surface area contributed by atoms with Gasteiger partial charge in [0.1, 0.15) is 6.54 Å². The molecule has 0 radical (unpaired) electrons. The van der Waals surface area contributed by atoms with E-state index in [1.165, 1.54) is 21.4 Å². The summed E-state index contributed by atoms with van der Waals surface area (Å²) >= 11 is 0. The van der Waals surface area contributed by atoms with E-state index in [2.05, 4.69) is 58.3 Å². The van der Waals surface area contributed by atoms with Gasteiger partial charge in [-0.05, 0) is 51.7 Å². The molecule has 2 aromatic carbocycles. The largest absolute Gasteiger partial charge is 0.352 e. The van der Waals surface area contributed by atoms with Crippen LogP contribution in [0, 0.1) is 20.8 Å². The van der Waals surface area contributed by atoms with Crippen molar-refractivity contribution >= 4 is 16.7 Å². The average Bonchev–Trinajstić information content (AvgIpc) is 3.06. The van der Waals surface area contributed by atoms with Crippen molar-refractivity contribution in [1.82, 2.24) is 19.7 Å². The summed E-state index contributed by atoms with van der Waals surface area (Å²) < 4.78 is 3.42. The summed E-state index contributed by atoms with van der Waals surface area (Å²) in [5.74, 6) is -0.206. The fourth-order valence-corrected chi connectivity index (χ4v) is 4.43. The summed E-state index contributed by atoms with van der Waals surface area (Å²) in [6, 6.07) is 18.6. The zero-order valence-corrected chi connectivity index (χ0v) is 20.3. The highest BCUT2D eigenvalue weighted by molar-refractivity contribution is 5.87. The lowest BCUT2D eigenvalue weighted by Gasteiger charge is -2.14. The Morgan fingerprint density at radius 3 is 2.38 bits per heavy atom. The molecule has 0 spiro atoms. The Morgan fingerprint density at radius 2 is 1.68 bits per heavy atom. The minimum absolute atomic E-state index is 0.00622. The average molecular weight is 457 g/mol. The van der Waals surface area contributed by atoms with Crippen LogP contribution in [0.25, 0.3) is 10.8 Å². The van der Waals surface area contributed by atoms with Crippen LogP contribution in [0.3, 0.4) is 0 Å². The number of hydrogen-bond acceptors (Lipinski definition) is 3. The normalized spacial score (nSPS) is 12.1. The molecular weight excluding hydrogens is 424 g/mol. The molecule has 34 heavy (non-hydrogen) atoms. The predicted octanol–water partition coefficient (Wildman–Crippen LogP) is 4.31. The molecular formula is C28H32N4O2. The number of nitrogens with one attached hydrogen (secondary N) is 1. The molecule has 0 aliphatic heterocycles. The quantitative estimate of drug-likeness (QED) is 0.430. The number of aryl methyl sites for hydroxylation is 4. The first-order valence-corrected chi connectivity index (χ1v) is 11.8. The molecule has 0 saturated heterocycles. The van der Waals surface area contributed by atoms with E-state index in [4.69, 9.17) is 0 Å². The van der Waals surface area contributed by atoms with Crippen LogP contribution in [0.4, 0.5) is 0 Å². The highest BCUT2D eigenvalue weighted by atomic mass is 16.2. The standard InChI is InChI=1S/C28H32N4O2/c1-19-10-13-24(14-11-19)17-31-21(3)25-16-29-32(28(34)27(25)22(31)4)18-26(33)30-20(2)12-15-23-8-6-5-7-9-23/h5-11,13-14,16,20H,12,15,17-18H2,1-4H3,(H,30,33)/t20-/m1/s1. The number of aromatic nitrogens is 3. The summed E-state index contributed by atoms with van der Waals surface area (Å²) in [6.07, 6.45) is 3.42. The van der Waals surface area contributed by atoms with Crippen LogP contribution in [-0.4, -0.2) is 26.3 Å². The number of benzene rings is 2. The van der Waals surface area contributed by atoms with Crippen molar-refractivity contribution in [2.24, 2.45) is 0 Å². The zero-order valence-electron chi connectivity index (χ0n) is 20.3. The van der Waals surface area contributed by atoms with Gasteiger partial charge in [-0.3, -0.25) is 9.59 Å². The molecule has 0 aliphatic rings.